The summed E-state index contributed by atoms with van der Waals surface area (Å²) in [7, 11) is 0. The second-order valence-electron chi connectivity index (χ2n) is 5.01. The molecule has 2 N–H and O–H groups in total. The lowest BCUT2D eigenvalue weighted by molar-refractivity contribution is -0.119. The number of hydrogen-bond acceptors (Lipinski definition) is 3. The first-order valence-corrected chi connectivity index (χ1v) is 6.85. The third kappa shape index (κ3) is 5.50. The average molecular weight is 241 g/mol. The first-order valence-electron chi connectivity index (χ1n) is 6.85. The lowest BCUT2D eigenvalue weighted by Gasteiger charge is -2.38. The Balaban J connectivity index is 2.33. The molecule has 1 amide bonds. The molecule has 1 aliphatic rings. The van der Waals surface area contributed by atoms with Gasteiger partial charge in [0.05, 0.1) is 0 Å². The van der Waals surface area contributed by atoms with Crippen LogP contribution in [0.3, 0.4) is 0 Å². The Morgan fingerprint density at radius 1 is 1.35 bits per heavy atom. The summed E-state index contributed by atoms with van der Waals surface area (Å²) in [5.74, 6) is 0.863. The standard InChI is InChI=1S/C13H27N3O/c1-4-12-8-13(14-5-2)10-16(9-12)7-6-15-11(3)17/h12-14H,4-10H2,1-3H3,(H,15,17). The molecule has 0 bridgehead atoms. The van der Waals surface area contributed by atoms with Gasteiger partial charge in [0, 0.05) is 39.1 Å². The number of likely N-dealkylation sites (N-methyl/N-ethyl adjacent to an activating group) is 1. The van der Waals surface area contributed by atoms with Crippen molar-refractivity contribution >= 4 is 5.91 Å². The summed E-state index contributed by atoms with van der Waals surface area (Å²) in [5.41, 5.74) is 0. The molecule has 0 spiro atoms. The van der Waals surface area contributed by atoms with E-state index in [0.29, 0.717) is 6.04 Å². The van der Waals surface area contributed by atoms with E-state index in [1.807, 2.05) is 0 Å². The molecule has 1 aliphatic heterocycles. The molecule has 1 rings (SSSR count). The topological polar surface area (TPSA) is 44.4 Å². The van der Waals surface area contributed by atoms with Crippen LogP contribution in [-0.4, -0.2) is 49.6 Å². The second kappa shape index (κ2) is 7.67. The predicted molar refractivity (Wildman–Crippen MR) is 71.0 cm³/mol. The molecule has 2 atom stereocenters. The number of likely N-dealkylation sites (tertiary alicyclic amines) is 1. The van der Waals surface area contributed by atoms with Crippen LogP contribution in [0.2, 0.25) is 0 Å². The molecule has 1 heterocycles. The lowest BCUT2D eigenvalue weighted by Crippen LogP contribution is -2.50. The molecule has 0 aromatic heterocycles. The van der Waals surface area contributed by atoms with Crippen LogP contribution in [0.15, 0.2) is 0 Å². The zero-order valence-electron chi connectivity index (χ0n) is 11.5. The molecule has 4 nitrogen and oxygen atoms in total. The Morgan fingerprint density at radius 2 is 2.12 bits per heavy atom. The van der Waals surface area contributed by atoms with Crippen molar-refractivity contribution < 1.29 is 4.79 Å². The number of nitrogens with one attached hydrogen (secondary N) is 2. The minimum Gasteiger partial charge on any atom is -0.355 e. The first kappa shape index (κ1) is 14.5. The summed E-state index contributed by atoms with van der Waals surface area (Å²) in [6.45, 7) is 11.1. The Kier molecular flexibility index (Phi) is 6.52. The van der Waals surface area contributed by atoms with Gasteiger partial charge in [-0.15, -0.1) is 0 Å². The van der Waals surface area contributed by atoms with Crippen LogP contribution >= 0.6 is 0 Å². The van der Waals surface area contributed by atoms with Gasteiger partial charge in [-0.2, -0.15) is 0 Å². The van der Waals surface area contributed by atoms with Crippen molar-refractivity contribution in [3.8, 4) is 0 Å². The number of carbonyl (C=O) groups excluding carboxylic acids is 1. The summed E-state index contributed by atoms with van der Waals surface area (Å²) in [6.07, 6.45) is 2.54. The van der Waals surface area contributed by atoms with Gasteiger partial charge in [0.1, 0.15) is 0 Å². The number of hydrogen-bond donors (Lipinski definition) is 2. The highest BCUT2D eigenvalue weighted by Crippen LogP contribution is 2.19. The van der Waals surface area contributed by atoms with Crippen LogP contribution in [0.25, 0.3) is 0 Å². The maximum absolute atomic E-state index is 10.8. The van der Waals surface area contributed by atoms with E-state index >= 15 is 0 Å². The molecule has 0 aromatic rings. The number of rotatable bonds is 6. The third-order valence-corrected chi connectivity index (χ3v) is 3.48. The van der Waals surface area contributed by atoms with E-state index in [1.165, 1.54) is 19.4 Å². The van der Waals surface area contributed by atoms with Crippen LogP contribution in [-0.2, 0) is 4.79 Å². The first-order chi connectivity index (χ1) is 8.15. The normalized spacial score (nSPS) is 25.8. The molecule has 17 heavy (non-hydrogen) atoms. The van der Waals surface area contributed by atoms with Gasteiger partial charge in [0.2, 0.25) is 5.91 Å². The fourth-order valence-corrected chi connectivity index (χ4v) is 2.61. The van der Waals surface area contributed by atoms with Crippen molar-refractivity contribution in [2.45, 2.75) is 39.7 Å². The van der Waals surface area contributed by atoms with Gasteiger partial charge in [0.15, 0.2) is 0 Å². The molecular formula is C13H27N3O. The molecule has 100 valence electrons. The van der Waals surface area contributed by atoms with E-state index in [4.69, 9.17) is 0 Å². The second-order valence-corrected chi connectivity index (χ2v) is 5.01. The van der Waals surface area contributed by atoms with E-state index in [-0.39, 0.29) is 5.91 Å². The Bertz CT molecular complexity index is 233. The minimum atomic E-state index is 0.0669. The van der Waals surface area contributed by atoms with Crippen molar-refractivity contribution in [2.75, 3.05) is 32.7 Å². The van der Waals surface area contributed by atoms with Crippen molar-refractivity contribution in [2.24, 2.45) is 5.92 Å². The molecule has 0 aliphatic carbocycles. The molecular weight excluding hydrogens is 214 g/mol. The van der Waals surface area contributed by atoms with Crippen LogP contribution in [0.4, 0.5) is 0 Å². The van der Waals surface area contributed by atoms with E-state index in [0.717, 1.165) is 32.1 Å². The van der Waals surface area contributed by atoms with E-state index in [9.17, 15) is 4.79 Å². The van der Waals surface area contributed by atoms with Gasteiger partial charge in [-0.25, -0.2) is 0 Å². The van der Waals surface area contributed by atoms with Gasteiger partial charge >= 0.3 is 0 Å². The molecule has 1 saturated heterocycles. The van der Waals surface area contributed by atoms with Crippen molar-refractivity contribution in [3.63, 3.8) is 0 Å². The summed E-state index contributed by atoms with van der Waals surface area (Å²) in [6, 6.07) is 0.621. The van der Waals surface area contributed by atoms with Crippen molar-refractivity contribution in [1.82, 2.24) is 15.5 Å². The highest BCUT2D eigenvalue weighted by molar-refractivity contribution is 5.72. The van der Waals surface area contributed by atoms with E-state index in [2.05, 4.69) is 29.4 Å². The number of amides is 1. The largest absolute Gasteiger partial charge is 0.355 e. The Morgan fingerprint density at radius 3 is 2.71 bits per heavy atom. The summed E-state index contributed by atoms with van der Waals surface area (Å²) < 4.78 is 0. The maximum atomic E-state index is 10.8. The summed E-state index contributed by atoms with van der Waals surface area (Å²) in [4.78, 5) is 13.3. The maximum Gasteiger partial charge on any atom is 0.216 e. The molecule has 4 heteroatoms. The van der Waals surface area contributed by atoms with Crippen molar-refractivity contribution in [1.29, 1.82) is 0 Å². The van der Waals surface area contributed by atoms with Gasteiger partial charge in [-0.1, -0.05) is 20.3 Å². The zero-order valence-corrected chi connectivity index (χ0v) is 11.5. The third-order valence-electron chi connectivity index (χ3n) is 3.48. The number of piperidine rings is 1. The van der Waals surface area contributed by atoms with Gasteiger partial charge < -0.3 is 10.6 Å². The Labute approximate surface area is 105 Å². The molecule has 0 saturated carbocycles. The Hall–Kier alpha value is -0.610. The van der Waals surface area contributed by atoms with Gasteiger partial charge in [-0.05, 0) is 18.9 Å². The fourth-order valence-electron chi connectivity index (χ4n) is 2.61. The monoisotopic (exact) mass is 241 g/mol. The zero-order chi connectivity index (χ0) is 12.7. The molecule has 1 fully saturated rings. The predicted octanol–water partition coefficient (Wildman–Crippen LogP) is 0.833. The molecule has 0 aromatic carbocycles. The number of nitrogens with zero attached hydrogens (tertiary/aromatic N) is 1. The molecule has 0 radical (unpaired) electrons. The van der Waals surface area contributed by atoms with Gasteiger partial charge in [-0.3, -0.25) is 9.69 Å². The van der Waals surface area contributed by atoms with Crippen LogP contribution < -0.4 is 10.6 Å². The number of carbonyl (C=O) groups is 1. The fraction of sp³-hybridized carbons (Fsp3) is 0.923. The summed E-state index contributed by atoms with van der Waals surface area (Å²) in [5, 5.41) is 6.42. The van der Waals surface area contributed by atoms with Gasteiger partial charge in [0.25, 0.3) is 0 Å². The minimum absolute atomic E-state index is 0.0669. The van der Waals surface area contributed by atoms with E-state index < -0.39 is 0 Å². The van der Waals surface area contributed by atoms with Crippen molar-refractivity contribution in [3.05, 3.63) is 0 Å². The lowest BCUT2D eigenvalue weighted by atomic mass is 9.92. The average Bonchev–Trinajstić information content (AvgIpc) is 2.28. The smallest absolute Gasteiger partial charge is 0.216 e. The van der Waals surface area contributed by atoms with Crippen LogP contribution in [0.5, 0.6) is 0 Å². The van der Waals surface area contributed by atoms with E-state index in [1.54, 1.807) is 6.92 Å². The highest BCUT2D eigenvalue weighted by atomic mass is 16.1. The van der Waals surface area contributed by atoms with Crippen LogP contribution in [0.1, 0.15) is 33.6 Å². The van der Waals surface area contributed by atoms with Crippen LogP contribution in [0, 0.1) is 5.92 Å². The highest BCUT2D eigenvalue weighted by Gasteiger charge is 2.25. The summed E-state index contributed by atoms with van der Waals surface area (Å²) >= 11 is 0. The quantitative estimate of drug-likeness (QED) is 0.724. The SMILES string of the molecule is CCNC1CC(CC)CN(CCNC(C)=O)C1. The molecule has 2 unspecified atom stereocenters.